The second-order valence-electron chi connectivity index (χ2n) is 7.34. The van der Waals surface area contributed by atoms with E-state index in [0.717, 1.165) is 25.3 Å². The molecule has 136 valence electrons. The number of rotatable bonds is 4. The summed E-state index contributed by atoms with van der Waals surface area (Å²) in [6.45, 7) is 4.20. The first-order valence-corrected chi connectivity index (χ1v) is 8.91. The van der Waals surface area contributed by atoms with E-state index in [1.165, 1.54) is 12.1 Å². The molecule has 0 unspecified atom stereocenters. The van der Waals surface area contributed by atoms with Crippen molar-refractivity contribution in [3.8, 4) is 0 Å². The minimum absolute atomic E-state index is 0.0259. The van der Waals surface area contributed by atoms with Crippen molar-refractivity contribution >= 4 is 11.8 Å². The van der Waals surface area contributed by atoms with Crippen LogP contribution in [-0.4, -0.2) is 41.2 Å². The van der Waals surface area contributed by atoms with Crippen molar-refractivity contribution in [3.63, 3.8) is 0 Å². The first-order valence-electron chi connectivity index (χ1n) is 8.91. The topological polar surface area (TPSA) is 40.6 Å². The van der Waals surface area contributed by atoms with Crippen molar-refractivity contribution in [1.82, 2.24) is 9.80 Å². The third-order valence-electron chi connectivity index (χ3n) is 5.34. The number of likely N-dealkylation sites (tertiary alicyclic amines) is 2. The molecule has 6 heteroatoms. The maximum atomic E-state index is 13.3. The van der Waals surface area contributed by atoms with Gasteiger partial charge in [0.2, 0.25) is 11.8 Å². The maximum absolute atomic E-state index is 13.3. The van der Waals surface area contributed by atoms with Crippen LogP contribution in [0.4, 0.5) is 8.78 Å². The largest absolute Gasteiger partial charge is 0.343 e. The van der Waals surface area contributed by atoms with Crippen LogP contribution in [0.25, 0.3) is 0 Å². The fourth-order valence-corrected chi connectivity index (χ4v) is 3.99. The normalized spacial score (nSPS) is 19.7. The monoisotopic (exact) mass is 350 g/mol. The molecule has 4 nitrogen and oxygen atoms in total. The van der Waals surface area contributed by atoms with Crippen LogP contribution in [0.5, 0.6) is 0 Å². The van der Waals surface area contributed by atoms with E-state index in [1.54, 1.807) is 4.90 Å². The Morgan fingerprint density at radius 3 is 2.40 bits per heavy atom. The molecule has 1 spiro atoms. The number of carbonyl (C=O) groups is 2. The van der Waals surface area contributed by atoms with Crippen molar-refractivity contribution in [2.24, 2.45) is 5.41 Å². The third-order valence-corrected chi connectivity index (χ3v) is 5.34. The van der Waals surface area contributed by atoms with Gasteiger partial charge in [0, 0.05) is 50.5 Å². The van der Waals surface area contributed by atoms with Gasteiger partial charge < -0.3 is 9.80 Å². The summed E-state index contributed by atoms with van der Waals surface area (Å²) in [6.07, 6.45) is 3.49. The Kier molecular flexibility index (Phi) is 5.06. The molecule has 2 fully saturated rings. The van der Waals surface area contributed by atoms with Crippen molar-refractivity contribution in [2.75, 3.05) is 19.6 Å². The molecule has 2 amide bonds. The zero-order valence-corrected chi connectivity index (χ0v) is 14.6. The highest BCUT2D eigenvalue weighted by Gasteiger charge is 2.45. The molecule has 0 atom stereocenters. The van der Waals surface area contributed by atoms with Gasteiger partial charge in [0.15, 0.2) is 0 Å². The van der Waals surface area contributed by atoms with Crippen LogP contribution < -0.4 is 0 Å². The van der Waals surface area contributed by atoms with Gasteiger partial charge in [0.25, 0.3) is 0 Å². The molecule has 2 aliphatic heterocycles. The second-order valence-corrected chi connectivity index (χ2v) is 7.34. The van der Waals surface area contributed by atoms with Crippen LogP contribution >= 0.6 is 0 Å². The summed E-state index contributed by atoms with van der Waals surface area (Å²) in [5, 5.41) is 0. The van der Waals surface area contributed by atoms with E-state index in [1.807, 2.05) is 11.8 Å². The van der Waals surface area contributed by atoms with Crippen molar-refractivity contribution in [1.29, 1.82) is 0 Å². The average Bonchev–Trinajstić information content (AvgIpc) is 2.82. The van der Waals surface area contributed by atoms with Gasteiger partial charge in [-0.25, -0.2) is 8.78 Å². The summed E-state index contributed by atoms with van der Waals surface area (Å²) >= 11 is 0. The molecule has 2 saturated heterocycles. The van der Waals surface area contributed by atoms with Crippen LogP contribution in [-0.2, 0) is 16.1 Å². The van der Waals surface area contributed by atoms with Crippen molar-refractivity contribution in [3.05, 3.63) is 35.4 Å². The summed E-state index contributed by atoms with van der Waals surface area (Å²) < 4.78 is 26.7. The fourth-order valence-electron chi connectivity index (χ4n) is 3.99. The molecular weight excluding hydrogens is 326 g/mol. The van der Waals surface area contributed by atoms with Gasteiger partial charge in [-0.1, -0.05) is 6.92 Å². The molecular formula is C19H24F2N2O2. The van der Waals surface area contributed by atoms with E-state index in [9.17, 15) is 18.4 Å². The van der Waals surface area contributed by atoms with E-state index in [2.05, 4.69) is 0 Å². The van der Waals surface area contributed by atoms with Gasteiger partial charge in [-0.2, -0.15) is 0 Å². The smallest absolute Gasteiger partial charge is 0.223 e. The maximum Gasteiger partial charge on any atom is 0.223 e. The van der Waals surface area contributed by atoms with E-state index >= 15 is 0 Å². The highest BCUT2D eigenvalue weighted by Crippen LogP contribution is 2.41. The molecule has 1 aromatic carbocycles. The molecule has 0 aromatic heterocycles. The van der Waals surface area contributed by atoms with E-state index in [-0.39, 0.29) is 23.8 Å². The number of benzene rings is 1. The lowest BCUT2D eigenvalue weighted by Gasteiger charge is -2.38. The van der Waals surface area contributed by atoms with Crippen LogP contribution in [0.1, 0.15) is 44.6 Å². The Morgan fingerprint density at radius 2 is 1.80 bits per heavy atom. The first kappa shape index (κ1) is 17.8. The highest BCUT2D eigenvalue weighted by molar-refractivity contribution is 5.80. The van der Waals surface area contributed by atoms with Crippen LogP contribution in [0, 0.1) is 17.0 Å². The Morgan fingerprint density at radius 1 is 1.16 bits per heavy atom. The number of amides is 2. The predicted molar refractivity (Wildman–Crippen MR) is 89.5 cm³/mol. The minimum Gasteiger partial charge on any atom is -0.343 e. The first-order chi connectivity index (χ1) is 11.9. The molecule has 0 bridgehead atoms. The molecule has 0 radical (unpaired) electrons. The molecule has 0 N–H and O–H groups in total. The number of nitrogens with zero attached hydrogens (tertiary/aromatic N) is 2. The number of hydrogen-bond acceptors (Lipinski definition) is 2. The summed E-state index contributed by atoms with van der Waals surface area (Å²) in [5.41, 5.74) is 0.366. The van der Waals surface area contributed by atoms with E-state index < -0.39 is 11.6 Å². The molecule has 3 rings (SSSR count). The Hall–Kier alpha value is -1.98. The highest BCUT2D eigenvalue weighted by atomic mass is 19.1. The molecule has 2 aliphatic rings. The van der Waals surface area contributed by atoms with Gasteiger partial charge in [0.1, 0.15) is 11.6 Å². The van der Waals surface area contributed by atoms with Gasteiger partial charge in [-0.05, 0) is 37.0 Å². The van der Waals surface area contributed by atoms with E-state index in [0.29, 0.717) is 38.0 Å². The molecule has 0 aliphatic carbocycles. The standard InChI is InChI=1S/C19H24F2N2O2/c1-2-3-17(24)22-6-4-19(5-7-22)11-18(25)23(13-19)12-14-8-15(20)10-16(21)9-14/h8-10H,2-7,11-13H2,1H3. The molecule has 25 heavy (non-hydrogen) atoms. The van der Waals surface area contributed by atoms with E-state index in [4.69, 9.17) is 0 Å². The summed E-state index contributed by atoms with van der Waals surface area (Å²) in [5.74, 6) is -1.04. The van der Waals surface area contributed by atoms with Crippen molar-refractivity contribution in [2.45, 2.75) is 45.6 Å². The van der Waals surface area contributed by atoms with Crippen LogP contribution in [0.2, 0.25) is 0 Å². The quantitative estimate of drug-likeness (QED) is 0.837. The fraction of sp³-hybridized carbons (Fsp3) is 0.579. The predicted octanol–water partition coefficient (Wildman–Crippen LogP) is 3.11. The number of piperidine rings is 1. The summed E-state index contributed by atoms with van der Waals surface area (Å²) in [4.78, 5) is 28.0. The lowest BCUT2D eigenvalue weighted by Crippen LogP contribution is -2.44. The number of carbonyl (C=O) groups excluding carboxylic acids is 2. The average molecular weight is 350 g/mol. The van der Waals surface area contributed by atoms with Crippen molar-refractivity contribution < 1.29 is 18.4 Å². The number of hydrogen-bond donors (Lipinski definition) is 0. The van der Waals surface area contributed by atoms with Gasteiger partial charge >= 0.3 is 0 Å². The Balaban J connectivity index is 1.62. The Bertz CT molecular complexity index is 649. The Labute approximate surface area is 146 Å². The van der Waals surface area contributed by atoms with Gasteiger partial charge in [0.05, 0.1) is 0 Å². The van der Waals surface area contributed by atoms with Gasteiger partial charge in [-0.3, -0.25) is 9.59 Å². The summed E-state index contributed by atoms with van der Waals surface area (Å²) in [6, 6.07) is 3.38. The number of halogens is 2. The third kappa shape index (κ3) is 3.99. The molecule has 0 saturated carbocycles. The SMILES string of the molecule is CCCC(=O)N1CCC2(CC1)CC(=O)N(Cc1cc(F)cc(F)c1)C2. The molecule has 2 heterocycles. The minimum atomic E-state index is -0.626. The second kappa shape index (κ2) is 7.10. The van der Waals surface area contributed by atoms with Crippen LogP contribution in [0.3, 0.4) is 0 Å². The molecule has 1 aromatic rings. The van der Waals surface area contributed by atoms with Crippen LogP contribution in [0.15, 0.2) is 18.2 Å². The zero-order valence-electron chi connectivity index (χ0n) is 14.6. The summed E-state index contributed by atoms with van der Waals surface area (Å²) in [7, 11) is 0. The van der Waals surface area contributed by atoms with Gasteiger partial charge in [-0.15, -0.1) is 0 Å². The zero-order chi connectivity index (χ0) is 18.0. The lowest BCUT2D eigenvalue weighted by atomic mass is 9.77. The lowest BCUT2D eigenvalue weighted by molar-refractivity contribution is -0.133.